The molecular formula is C18H26IN5O. The third-order valence-electron chi connectivity index (χ3n) is 4.30. The molecule has 0 amide bonds. The summed E-state index contributed by atoms with van der Waals surface area (Å²) in [6.45, 7) is 6.56. The van der Waals surface area contributed by atoms with Gasteiger partial charge < -0.3 is 19.6 Å². The molecule has 0 saturated carbocycles. The summed E-state index contributed by atoms with van der Waals surface area (Å²) in [5.74, 6) is 1.76. The number of guanidine groups is 1. The molecule has 1 aromatic heterocycles. The molecule has 3 rings (SSSR count). The Hall–Kier alpha value is -1.77. The smallest absolute Gasteiger partial charge is 0.194 e. The lowest BCUT2D eigenvalue weighted by Crippen LogP contribution is -2.52. The van der Waals surface area contributed by atoms with Gasteiger partial charge in [-0.05, 0) is 18.6 Å². The molecular weight excluding hydrogens is 429 g/mol. The molecule has 1 fully saturated rings. The molecule has 25 heavy (non-hydrogen) atoms. The zero-order valence-corrected chi connectivity index (χ0v) is 17.1. The van der Waals surface area contributed by atoms with Crippen LogP contribution in [0.5, 0.6) is 0 Å². The lowest BCUT2D eigenvalue weighted by molar-refractivity contribution is 0.356. The number of aliphatic imine (C=N–C) groups is 1. The number of para-hydroxylation sites is 1. The first-order valence-corrected chi connectivity index (χ1v) is 8.50. The maximum Gasteiger partial charge on any atom is 0.194 e. The summed E-state index contributed by atoms with van der Waals surface area (Å²) >= 11 is 0. The van der Waals surface area contributed by atoms with Crippen LogP contribution in [-0.4, -0.2) is 49.2 Å². The zero-order chi connectivity index (χ0) is 16.8. The van der Waals surface area contributed by atoms with Gasteiger partial charge in [0.1, 0.15) is 0 Å². The van der Waals surface area contributed by atoms with Gasteiger partial charge in [0.25, 0.3) is 0 Å². The number of nitrogens with zero attached hydrogens (tertiary/aromatic N) is 4. The van der Waals surface area contributed by atoms with Crippen LogP contribution < -0.4 is 10.2 Å². The number of aromatic nitrogens is 1. The third-order valence-corrected chi connectivity index (χ3v) is 4.30. The van der Waals surface area contributed by atoms with Gasteiger partial charge in [0.2, 0.25) is 0 Å². The van der Waals surface area contributed by atoms with Crippen molar-refractivity contribution in [3.05, 3.63) is 47.9 Å². The number of rotatable bonds is 4. The van der Waals surface area contributed by atoms with E-state index in [1.807, 2.05) is 13.1 Å². The maximum absolute atomic E-state index is 5.32. The van der Waals surface area contributed by atoms with Crippen molar-refractivity contribution in [2.24, 2.45) is 4.99 Å². The van der Waals surface area contributed by atoms with E-state index in [1.165, 1.54) is 5.69 Å². The Kier molecular flexibility index (Phi) is 7.54. The Morgan fingerprint density at radius 2 is 1.92 bits per heavy atom. The van der Waals surface area contributed by atoms with E-state index in [4.69, 9.17) is 4.52 Å². The van der Waals surface area contributed by atoms with Gasteiger partial charge in [-0.1, -0.05) is 30.3 Å². The molecule has 1 aliphatic rings. The average Bonchev–Trinajstić information content (AvgIpc) is 3.12. The molecule has 2 heterocycles. The van der Waals surface area contributed by atoms with Crippen LogP contribution in [0, 0.1) is 0 Å². The van der Waals surface area contributed by atoms with Crippen molar-refractivity contribution < 1.29 is 4.52 Å². The molecule has 1 saturated heterocycles. The Labute approximate surface area is 166 Å². The van der Waals surface area contributed by atoms with Crippen LogP contribution in [0.25, 0.3) is 0 Å². The SMILES string of the molecule is CCc1cc(CNC(=NC)N2CCN(c3ccccc3)CC2)on1.I. The van der Waals surface area contributed by atoms with E-state index >= 15 is 0 Å². The lowest BCUT2D eigenvalue weighted by Gasteiger charge is -2.37. The molecule has 0 unspecified atom stereocenters. The van der Waals surface area contributed by atoms with E-state index in [9.17, 15) is 0 Å². The molecule has 0 radical (unpaired) electrons. The standard InChI is InChI=1S/C18H25N5O.HI/c1-3-15-13-17(24-21-15)14-20-18(19-2)23-11-9-22(10-12-23)16-7-5-4-6-8-16;/h4-8,13H,3,9-12,14H2,1-2H3,(H,19,20);1H. The summed E-state index contributed by atoms with van der Waals surface area (Å²) in [6.07, 6.45) is 0.889. The predicted octanol–water partition coefficient (Wildman–Crippen LogP) is 2.75. The van der Waals surface area contributed by atoms with Gasteiger partial charge in [0.05, 0.1) is 12.2 Å². The van der Waals surface area contributed by atoms with Crippen molar-refractivity contribution in [3.63, 3.8) is 0 Å². The lowest BCUT2D eigenvalue weighted by atomic mass is 10.2. The quantitative estimate of drug-likeness (QED) is 0.437. The first kappa shape index (κ1) is 19.6. The third kappa shape index (κ3) is 5.10. The van der Waals surface area contributed by atoms with Crippen molar-refractivity contribution in [3.8, 4) is 0 Å². The van der Waals surface area contributed by atoms with E-state index in [2.05, 4.69) is 62.5 Å². The number of hydrogen-bond acceptors (Lipinski definition) is 4. The number of benzene rings is 1. The number of aryl methyl sites for hydroxylation is 1. The highest BCUT2D eigenvalue weighted by atomic mass is 127. The topological polar surface area (TPSA) is 56.9 Å². The second-order valence-corrected chi connectivity index (χ2v) is 5.85. The van der Waals surface area contributed by atoms with Gasteiger partial charge in [-0.3, -0.25) is 4.99 Å². The van der Waals surface area contributed by atoms with Gasteiger partial charge in [-0.15, -0.1) is 24.0 Å². The Morgan fingerprint density at radius 1 is 1.20 bits per heavy atom. The molecule has 1 aliphatic heterocycles. The molecule has 7 heteroatoms. The number of halogens is 1. The van der Waals surface area contributed by atoms with E-state index in [0.29, 0.717) is 6.54 Å². The highest BCUT2D eigenvalue weighted by Crippen LogP contribution is 2.15. The molecule has 0 atom stereocenters. The average molecular weight is 455 g/mol. The van der Waals surface area contributed by atoms with Crippen LogP contribution in [0.4, 0.5) is 5.69 Å². The normalized spacial score (nSPS) is 15.0. The van der Waals surface area contributed by atoms with Crippen molar-refractivity contribution in [1.82, 2.24) is 15.4 Å². The molecule has 0 bridgehead atoms. The van der Waals surface area contributed by atoms with Crippen molar-refractivity contribution in [2.75, 3.05) is 38.1 Å². The van der Waals surface area contributed by atoms with Crippen molar-refractivity contribution >= 4 is 35.6 Å². The maximum atomic E-state index is 5.32. The first-order valence-electron chi connectivity index (χ1n) is 8.50. The van der Waals surface area contributed by atoms with Gasteiger partial charge in [-0.25, -0.2) is 0 Å². The minimum absolute atomic E-state index is 0. The summed E-state index contributed by atoms with van der Waals surface area (Å²) in [5, 5.41) is 7.39. The number of hydrogen-bond donors (Lipinski definition) is 1. The molecule has 1 aromatic carbocycles. The second-order valence-electron chi connectivity index (χ2n) is 5.85. The van der Waals surface area contributed by atoms with Crippen LogP contribution in [0.3, 0.4) is 0 Å². The van der Waals surface area contributed by atoms with Crippen LogP contribution in [-0.2, 0) is 13.0 Å². The predicted molar refractivity (Wildman–Crippen MR) is 112 cm³/mol. The fourth-order valence-corrected chi connectivity index (χ4v) is 2.92. The van der Waals surface area contributed by atoms with Crippen LogP contribution in [0.15, 0.2) is 45.9 Å². The van der Waals surface area contributed by atoms with E-state index in [0.717, 1.165) is 50.0 Å². The molecule has 0 aliphatic carbocycles. The minimum atomic E-state index is 0. The fourth-order valence-electron chi connectivity index (χ4n) is 2.92. The Morgan fingerprint density at radius 3 is 2.52 bits per heavy atom. The Balaban J connectivity index is 0.00000225. The number of piperazine rings is 1. The molecule has 6 nitrogen and oxygen atoms in total. The number of nitrogens with one attached hydrogen (secondary N) is 1. The van der Waals surface area contributed by atoms with E-state index in [1.54, 1.807) is 0 Å². The van der Waals surface area contributed by atoms with E-state index in [-0.39, 0.29) is 24.0 Å². The molecule has 136 valence electrons. The van der Waals surface area contributed by atoms with Gasteiger partial charge in [0.15, 0.2) is 11.7 Å². The highest BCUT2D eigenvalue weighted by molar-refractivity contribution is 14.0. The van der Waals surface area contributed by atoms with Gasteiger partial charge >= 0.3 is 0 Å². The summed E-state index contributed by atoms with van der Waals surface area (Å²) in [6, 6.07) is 12.6. The largest absolute Gasteiger partial charge is 0.368 e. The fraction of sp³-hybridized carbons (Fsp3) is 0.444. The number of anilines is 1. The van der Waals surface area contributed by atoms with Crippen molar-refractivity contribution in [1.29, 1.82) is 0 Å². The molecule has 1 N–H and O–H groups in total. The van der Waals surface area contributed by atoms with E-state index < -0.39 is 0 Å². The molecule has 2 aromatic rings. The van der Waals surface area contributed by atoms with Crippen LogP contribution >= 0.6 is 24.0 Å². The van der Waals surface area contributed by atoms with Crippen molar-refractivity contribution in [2.45, 2.75) is 19.9 Å². The first-order chi connectivity index (χ1) is 11.8. The summed E-state index contributed by atoms with van der Waals surface area (Å²) in [7, 11) is 1.82. The Bertz CT molecular complexity index is 665. The van der Waals surface area contributed by atoms with Gasteiger partial charge in [0, 0.05) is 45.0 Å². The summed E-state index contributed by atoms with van der Waals surface area (Å²) < 4.78 is 5.32. The van der Waals surface area contributed by atoms with Gasteiger partial charge in [-0.2, -0.15) is 0 Å². The second kappa shape index (κ2) is 9.65. The minimum Gasteiger partial charge on any atom is -0.368 e. The highest BCUT2D eigenvalue weighted by Gasteiger charge is 2.19. The summed E-state index contributed by atoms with van der Waals surface area (Å²) in [5.41, 5.74) is 2.27. The van der Waals surface area contributed by atoms with Crippen LogP contribution in [0.1, 0.15) is 18.4 Å². The zero-order valence-electron chi connectivity index (χ0n) is 14.8. The summed E-state index contributed by atoms with van der Waals surface area (Å²) in [4.78, 5) is 9.10. The molecule has 0 spiro atoms. The van der Waals surface area contributed by atoms with Crippen LogP contribution in [0.2, 0.25) is 0 Å². The monoisotopic (exact) mass is 455 g/mol.